The van der Waals surface area contributed by atoms with Gasteiger partial charge in [0, 0.05) is 0 Å². The van der Waals surface area contributed by atoms with E-state index in [1.165, 1.54) is 32.1 Å². The standard InChI is InChI=1S/C14H22N6O/c15-12-18-13(16)20-14(19-12)17-6-21-11-9-2-7-1-8(4-9)5-10(11)3-7/h7-11H,1-6H2,(H5,15,16,17,18,19,20). The Hall–Kier alpha value is -1.63. The van der Waals surface area contributed by atoms with Gasteiger partial charge in [-0.15, -0.1) is 0 Å². The van der Waals surface area contributed by atoms with E-state index in [9.17, 15) is 0 Å². The summed E-state index contributed by atoms with van der Waals surface area (Å²) in [5.41, 5.74) is 11.1. The predicted molar refractivity (Wildman–Crippen MR) is 79.1 cm³/mol. The Morgan fingerprint density at radius 1 is 0.905 bits per heavy atom. The monoisotopic (exact) mass is 290 g/mol. The van der Waals surface area contributed by atoms with Crippen LogP contribution in [0.3, 0.4) is 0 Å². The quantitative estimate of drug-likeness (QED) is 0.715. The molecule has 0 unspecified atom stereocenters. The van der Waals surface area contributed by atoms with Crippen molar-refractivity contribution in [3.05, 3.63) is 0 Å². The van der Waals surface area contributed by atoms with Gasteiger partial charge in [-0.1, -0.05) is 0 Å². The molecule has 0 atom stereocenters. The van der Waals surface area contributed by atoms with Gasteiger partial charge in [-0.05, 0) is 55.8 Å². The Morgan fingerprint density at radius 3 is 2.05 bits per heavy atom. The molecule has 21 heavy (non-hydrogen) atoms. The van der Waals surface area contributed by atoms with Gasteiger partial charge in [-0.3, -0.25) is 0 Å². The number of nitrogen functional groups attached to an aromatic ring is 2. The summed E-state index contributed by atoms with van der Waals surface area (Å²) in [6.07, 6.45) is 7.25. The third-order valence-electron chi connectivity index (χ3n) is 5.32. The van der Waals surface area contributed by atoms with Crippen LogP contribution in [-0.4, -0.2) is 27.8 Å². The van der Waals surface area contributed by atoms with E-state index in [2.05, 4.69) is 20.3 Å². The Kier molecular flexibility index (Phi) is 3.10. The highest BCUT2D eigenvalue weighted by molar-refractivity contribution is 5.36. The number of nitrogens with one attached hydrogen (secondary N) is 1. The molecule has 5 rings (SSSR count). The first-order valence-corrected chi connectivity index (χ1v) is 7.80. The molecule has 0 radical (unpaired) electrons. The van der Waals surface area contributed by atoms with Gasteiger partial charge in [0.05, 0.1) is 6.10 Å². The van der Waals surface area contributed by atoms with E-state index in [-0.39, 0.29) is 11.9 Å². The third kappa shape index (κ3) is 2.50. The van der Waals surface area contributed by atoms with Crippen LogP contribution in [0.15, 0.2) is 0 Å². The van der Waals surface area contributed by atoms with Gasteiger partial charge in [0.15, 0.2) is 0 Å². The second-order valence-electron chi connectivity index (χ2n) is 6.76. The van der Waals surface area contributed by atoms with E-state index < -0.39 is 0 Å². The van der Waals surface area contributed by atoms with Crippen molar-refractivity contribution in [1.82, 2.24) is 15.0 Å². The summed E-state index contributed by atoms with van der Waals surface area (Å²) in [7, 11) is 0. The number of anilines is 3. The summed E-state index contributed by atoms with van der Waals surface area (Å²) in [6, 6.07) is 0. The van der Waals surface area contributed by atoms with Gasteiger partial charge in [0.1, 0.15) is 6.73 Å². The van der Waals surface area contributed by atoms with E-state index in [4.69, 9.17) is 16.2 Å². The fourth-order valence-electron chi connectivity index (χ4n) is 4.84. The topological polar surface area (TPSA) is 112 Å². The van der Waals surface area contributed by atoms with Crippen LogP contribution in [0.2, 0.25) is 0 Å². The zero-order valence-electron chi connectivity index (χ0n) is 12.0. The van der Waals surface area contributed by atoms with Gasteiger partial charge in [0.2, 0.25) is 17.8 Å². The molecule has 0 amide bonds. The number of hydrogen-bond donors (Lipinski definition) is 3. The predicted octanol–water partition coefficient (Wildman–Crippen LogP) is 1.25. The minimum Gasteiger partial charge on any atom is -0.368 e. The molecule has 0 saturated heterocycles. The van der Waals surface area contributed by atoms with Crippen molar-refractivity contribution in [2.45, 2.75) is 38.2 Å². The highest BCUT2D eigenvalue weighted by Gasteiger charge is 2.48. The molecule has 4 aliphatic carbocycles. The highest BCUT2D eigenvalue weighted by Crippen LogP contribution is 2.54. The van der Waals surface area contributed by atoms with E-state index in [1.54, 1.807) is 0 Å². The van der Waals surface area contributed by atoms with Gasteiger partial charge in [-0.25, -0.2) is 0 Å². The molecular formula is C14H22N6O. The molecule has 4 fully saturated rings. The van der Waals surface area contributed by atoms with E-state index >= 15 is 0 Å². The molecule has 1 aromatic heterocycles. The zero-order valence-corrected chi connectivity index (χ0v) is 12.0. The van der Waals surface area contributed by atoms with Crippen molar-refractivity contribution in [3.63, 3.8) is 0 Å². The fourth-order valence-corrected chi connectivity index (χ4v) is 4.84. The normalized spacial score (nSPS) is 36.9. The summed E-state index contributed by atoms with van der Waals surface area (Å²) >= 11 is 0. The van der Waals surface area contributed by atoms with Crippen LogP contribution >= 0.6 is 0 Å². The van der Waals surface area contributed by atoms with Gasteiger partial charge < -0.3 is 21.5 Å². The smallest absolute Gasteiger partial charge is 0.231 e. The third-order valence-corrected chi connectivity index (χ3v) is 5.32. The minimum atomic E-state index is 0.125. The Labute approximate surface area is 123 Å². The van der Waals surface area contributed by atoms with Gasteiger partial charge in [0.25, 0.3) is 0 Å². The highest BCUT2D eigenvalue weighted by atomic mass is 16.5. The molecule has 4 aliphatic rings. The molecule has 7 heteroatoms. The van der Waals surface area contributed by atoms with Gasteiger partial charge >= 0.3 is 0 Å². The zero-order chi connectivity index (χ0) is 14.4. The Balaban J connectivity index is 1.35. The van der Waals surface area contributed by atoms with E-state index in [1.807, 2.05) is 0 Å². The van der Waals surface area contributed by atoms with Crippen LogP contribution in [0.4, 0.5) is 17.8 Å². The van der Waals surface area contributed by atoms with Crippen LogP contribution in [-0.2, 0) is 4.74 Å². The van der Waals surface area contributed by atoms with Crippen molar-refractivity contribution >= 4 is 17.8 Å². The molecule has 1 heterocycles. The maximum Gasteiger partial charge on any atom is 0.231 e. The summed E-state index contributed by atoms with van der Waals surface area (Å²) < 4.78 is 6.11. The van der Waals surface area contributed by atoms with Crippen molar-refractivity contribution in [2.24, 2.45) is 23.7 Å². The number of ether oxygens (including phenoxy) is 1. The second kappa shape index (κ2) is 4.98. The lowest BCUT2D eigenvalue weighted by Crippen LogP contribution is -2.49. The molecule has 7 nitrogen and oxygen atoms in total. The van der Waals surface area contributed by atoms with Crippen LogP contribution in [0, 0.1) is 23.7 Å². The van der Waals surface area contributed by atoms with Crippen LogP contribution in [0.25, 0.3) is 0 Å². The van der Waals surface area contributed by atoms with Crippen LogP contribution in [0.5, 0.6) is 0 Å². The maximum absolute atomic E-state index is 6.11. The first-order chi connectivity index (χ1) is 10.2. The van der Waals surface area contributed by atoms with E-state index in [0.717, 1.165) is 23.7 Å². The minimum absolute atomic E-state index is 0.125. The molecule has 5 N–H and O–H groups in total. The van der Waals surface area contributed by atoms with Crippen LogP contribution in [0.1, 0.15) is 32.1 Å². The average molecular weight is 290 g/mol. The number of aromatic nitrogens is 3. The SMILES string of the molecule is Nc1nc(N)nc(NCOC2C3CC4CC(C3)CC2C4)n1. The number of rotatable bonds is 4. The first-order valence-electron chi connectivity index (χ1n) is 7.80. The maximum atomic E-state index is 6.11. The number of nitrogens with two attached hydrogens (primary N) is 2. The first kappa shape index (κ1) is 13.1. The number of nitrogens with zero attached hydrogens (tertiary/aromatic N) is 3. The van der Waals surface area contributed by atoms with Gasteiger partial charge in [-0.2, -0.15) is 15.0 Å². The summed E-state index contributed by atoms with van der Waals surface area (Å²) in [6.45, 7) is 0.399. The lowest BCUT2D eigenvalue weighted by Gasteiger charge is -2.53. The van der Waals surface area contributed by atoms with Crippen molar-refractivity contribution in [2.75, 3.05) is 23.5 Å². The fraction of sp³-hybridized carbons (Fsp3) is 0.786. The Bertz CT molecular complexity index is 488. The van der Waals surface area contributed by atoms with Crippen molar-refractivity contribution < 1.29 is 4.74 Å². The summed E-state index contributed by atoms with van der Waals surface area (Å²) in [4.78, 5) is 11.7. The molecule has 4 saturated carbocycles. The lowest BCUT2D eigenvalue weighted by molar-refractivity contribution is -0.122. The van der Waals surface area contributed by atoms with E-state index in [0.29, 0.717) is 18.8 Å². The van der Waals surface area contributed by atoms with Crippen molar-refractivity contribution in [1.29, 1.82) is 0 Å². The second-order valence-corrected chi connectivity index (χ2v) is 6.76. The average Bonchev–Trinajstić information content (AvgIpc) is 2.40. The molecule has 0 spiro atoms. The summed E-state index contributed by atoms with van der Waals surface area (Å²) in [5, 5.41) is 3.04. The molecule has 0 aliphatic heterocycles. The molecule has 4 bridgehead atoms. The summed E-state index contributed by atoms with van der Waals surface area (Å²) in [5.74, 6) is 4.04. The molecule has 0 aromatic carbocycles. The van der Waals surface area contributed by atoms with Crippen LogP contribution < -0.4 is 16.8 Å². The largest absolute Gasteiger partial charge is 0.368 e. The molecule has 114 valence electrons. The van der Waals surface area contributed by atoms with Crippen molar-refractivity contribution in [3.8, 4) is 0 Å². The molecule has 1 aromatic rings. The lowest BCUT2D eigenvalue weighted by atomic mass is 9.55. The molecular weight excluding hydrogens is 268 g/mol. The number of hydrogen-bond acceptors (Lipinski definition) is 7. The Morgan fingerprint density at radius 2 is 1.48 bits per heavy atom.